The zero-order valence-corrected chi connectivity index (χ0v) is 10.1. The van der Waals surface area contributed by atoms with Crippen LogP contribution in [0.25, 0.3) is 0 Å². The van der Waals surface area contributed by atoms with E-state index in [-0.39, 0.29) is 17.8 Å². The number of allylic oxidation sites excluding steroid dienone is 1. The van der Waals surface area contributed by atoms with Crippen LogP contribution in [-0.4, -0.2) is 17.5 Å². The van der Waals surface area contributed by atoms with E-state index in [0.29, 0.717) is 0 Å². The first kappa shape index (κ1) is 13.4. The molecule has 0 aliphatic rings. The minimum absolute atomic E-state index is 0.140. The van der Waals surface area contributed by atoms with E-state index >= 15 is 0 Å². The van der Waals surface area contributed by atoms with Crippen molar-refractivity contribution in [3.63, 3.8) is 0 Å². The first-order valence-electron chi connectivity index (χ1n) is 4.17. The lowest BCUT2D eigenvalue weighted by atomic mass is 9.91. The van der Waals surface area contributed by atoms with Gasteiger partial charge in [0.15, 0.2) is 0 Å². The Morgan fingerprint density at radius 1 is 1.64 bits per heavy atom. The van der Waals surface area contributed by atoms with Gasteiger partial charge in [-0.05, 0) is 11.5 Å². The first-order chi connectivity index (χ1) is 6.25. The number of rotatable bonds is 3. The van der Waals surface area contributed by atoms with E-state index in [2.05, 4.69) is 20.7 Å². The van der Waals surface area contributed by atoms with Crippen LogP contribution in [0.2, 0.25) is 0 Å². The van der Waals surface area contributed by atoms with Gasteiger partial charge in [-0.3, -0.25) is 0 Å². The van der Waals surface area contributed by atoms with Crippen LogP contribution in [0.3, 0.4) is 0 Å². The SMILES string of the molecule is CC(C)(C)C(Br)C(F)=CCOC(N)=O. The molecule has 0 radical (unpaired) electrons. The first-order valence-corrected chi connectivity index (χ1v) is 5.08. The Bertz CT molecular complexity index is 235. The molecule has 0 aromatic heterocycles. The highest BCUT2D eigenvalue weighted by atomic mass is 79.9. The molecule has 0 aliphatic carbocycles. The highest BCUT2D eigenvalue weighted by molar-refractivity contribution is 9.09. The van der Waals surface area contributed by atoms with E-state index in [1.807, 2.05) is 20.8 Å². The molecular weight excluding hydrogens is 253 g/mol. The van der Waals surface area contributed by atoms with Crippen LogP contribution in [-0.2, 0) is 4.74 Å². The molecule has 0 saturated heterocycles. The molecule has 82 valence electrons. The van der Waals surface area contributed by atoms with Gasteiger partial charge in [0, 0.05) is 0 Å². The van der Waals surface area contributed by atoms with Crippen molar-refractivity contribution in [2.24, 2.45) is 11.1 Å². The second-order valence-corrected chi connectivity index (χ2v) is 4.86. The van der Waals surface area contributed by atoms with Gasteiger partial charge in [-0.2, -0.15) is 0 Å². The van der Waals surface area contributed by atoms with Crippen LogP contribution in [0.4, 0.5) is 9.18 Å². The molecule has 3 nitrogen and oxygen atoms in total. The number of hydrogen-bond acceptors (Lipinski definition) is 2. The molecule has 14 heavy (non-hydrogen) atoms. The standard InChI is InChI=1S/C9H15BrFNO2/c1-9(2,3)7(10)6(11)4-5-14-8(12)13/h4,7H,5H2,1-3H3,(H2,12,13). The molecule has 0 heterocycles. The van der Waals surface area contributed by atoms with Crippen molar-refractivity contribution in [1.29, 1.82) is 0 Å². The molecule has 0 saturated carbocycles. The average molecular weight is 268 g/mol. The number of carbonyl (C=O) groups excluding carboxylic acids is 1. The van der Waals surface area contributed by atoms with Gasteiger partial charge in [0.2, 0.25) is 0 Å². The molecule has 0 aromatic carbocycles. The number of amides is 1. The summed E-state index contributed by atoms with van der Waals surface area (Å²) in [5.74, 6) is -0.362. The normalized spacial score (nSPS) is 15.1. The highest BCUT2D eigenvalue weighted by Gasteiger charge is 2.25. The lowest BCUT2D eigenvalue weighted by Gasteiger charge is -2.23. The fraction of sp³-hybridized carbons (Fsp3) is 0.667. The van der Waals surface area contributed by atoms with Crippen molar-refractivity contribution < 1.29 is 13.9 Å². The third-order valence-corrected chi connectivity index (χ3v) is 3.32. The minimum atomic E-state index is -0.907. The molecule has 0 rings (SSSR count). The Labute approximate surface area is 91.6 Å². The summed E-state index contributed by atoms with van der Waals surface area (Å²) in [7, 11) is 0. The highest BCUT2D eigenvalue weighted by Crippen LogP contribution is 2.32. The molecule has 0 aromatic rings. The molecule has 0 bridgehead atoms. The van der Waals surface area contributed by atoms with Crippen molar-refractivity contribution in [1.82, 2.24) is 0 Å². The lowest BCUT2D eigenvalue weighted by molar-refractivity contribution is 0.168. The second-order valence-electron chi connectivity index (χ2n) is 3.95. The summed E-state index contributed by atoms with van der Waals surface area (Å²) in [4.78, 5) is 9.79. The van der Waals surface area contributed by atoms with Gasteiger partial charge in [-0.25, -0.2) is 9.18 Å². The number of nitrogens with two attached hydrogens (primary N) is 1. The molecule has 5 heteroatoms. The maximum atomic E-state index is 13.3. The topological polar surface area (TPSA) is 52.3 Å². The fourth-order valence-electron chi connectivity index (χ4n) is 0.721. The van der Waals surface area contributed by atoms with E-state index < -0.39 is 10.9 Å². The van der Waals surface area contributed by atoms with Gasteiger partial charge in [0.1, 0.15) is 12.4 Å². The summed E-state index contributed by atoms with van der Waals surface area (Å²) in [5.41, 5.74) is 4.49. The molecule has 2 N–H and O–H groups in total. The Morgan fingerprint density at radius 3 is 2.50 bits per heavy atom. The van der Waals surface area contributed by atoms with Gasteiger partial charge in [-0.1, -0.05) is 36.7 Å². The number of ether oxygens (including phenoxy) is 1. The van der Waals surface area contributed by atoms with Gasteiger partial charge in [-0.15, -0.1) is 0 Å². The third kappa shape index (κ3) is 5.21. The number of alkyl halides is 1. The summed E-state index contributed by atoms with van der Waals surface area (Å²) >= 11 is 3.22. The molecule has 1 amide bonds. The maximum absolute atomic E-state index is 13.3. The number of primary amides is 1. The zero-order valence-electron chi connectivity index (χ0n) is 8.51. The molecular formula is C9H15BrFNO2. The Balaban J connectivity index is 4.18. The van der Waals surface area contributed by atoms with Crippen LogP contribution >= 0.6 is 15.9 Å². The molecule has 0 fully saturated rings. The van der Waals surface area contributed by atoms with Gasteiger partial charge < -0.3 is 10.5 Å². The van der Waals surface area contributed by atoms with E-state index in [1.165, 1.54) is 6.08 Å². The smallest absolute Gasteiger partial charge is 0.404 e. The van der Waals surface area contributed by atoms with Gasteiger partial charge in [0.05, 0.1) is 4.83 Å². The molecule has 1 unspecified atom stereocenters. The van der Waals surface area contributed by atoms with E-state index in [0.717, 1.165) is 0 Å². The average Bonchev–Trinajstić information content (AvgIpc) is 2.00. The van der Waals surface area contributed by atoms with Crippen molar-refractivity contribution in [3.05, 3.63) is 11.9 Å². The van der Waals surface area contributed by atoms with Crippen molar-refractivity contribution >= 4 is 22.0 Å². The summed E-state index contributed by atoms with van der Waals surface area (Å²) < 4.78 is 17.7. The van der Waals surface area contributed by atoms with Crippen LogP contribution in [0, 0.1) is 5.41 Å². The lowest BCUT2D eigenvalue weighted by Crippen LogP contribution is -2.21. The van der Waals surface area contributed by atoms with E-state index in [1.54, 1.807) is 0 Å². The molecule has 0 aliphatic heterocycles. The van der Waals surface area contributed by atoms with Crippen molar-refractivity contribution in [2.45, 2.75) is 25.6 Å². The maximum Gasteiger partial charge on any atom is 0.404 e. The van der Waals surface area contributed by atoms with Crippen LogP contribution in [0.15, 0.2) is 11.9 Å². The van der Waals surface area contributed by atoms with Crippen LogP contribution < -0.4 is 5.73 Å². The fourth-order valence-corrected chi connectivity index (χ4v) is 0.907. The quantitative estimate of drug-likeness (QED) is 0.800. The predicted octanol–water partition coefficient (Wildman–Crippen LogP) is 2.74. The summed E-state index contributed by atoms with van der Waals surface area (Å²) in [6.45, 7) is 5.55. The summed E-state index contributed by atoms with van der Waals surface area (Å²) in [6.07, 6.45) is 0.283. The number of halogens is 2. The van der Waals surface area contributed by atoms with E-state index in [4.69, 9.17) is 5.73 Å². The van der Waals surface area contributed by atoms with Gasteiger partial charge in [0.25, 0.3) is 0 Å². The Hall–Kier alpha value is -0.580. The van der Waals surface area contributed by atoms with E-state index in [9.17, 15) is 9.18 Å². The minimum Gasteiger partial charge on any atom is -0.445 e. The molecule has 1 atom stereocenters. The van der Waals surface area contributed by atoms with Crippen molar-refractivity contribution in [3.8, 4) is 0 Å². The third-order valence-electron chi connectivity index (χ3n) is 1.51. The Kier molecular flexibility index (Phi) is 5.12. The van der Waals surface area contributed by atoms with Crippen molar-refractivity contribution in [2.75, 3.05) is 6.61 Å². The predicted molar refractivity (Wildman–Crippen MR) is 56.9 cm³/mol. The molecule has 0 spiro atoms. The monoisotopic (exact) mass is 267 g/mol. The second kappa shape index (κ2) is 5.34. The van der Waals surface area contributed by atoms with Gasteiger partial charge >= 0.3 is 6.09 Å². The Morgan fingerprint density at radius 2 is 2.14 bits per heavy atom. The van der Waals surface area contributed by atoms with Crippen LogP contribution in [0.5, 0.6) is 0 Å². The zero-order chi connectivity index (χ0) is 11.4. The summed E-state index contributed by atoms with van der Waals surface area (Å²) in [6, 6.07) is 0. The number of hydrogen-bond donors (Lipinski definition) is 1. The largest absolute Gasteiger partial charge is 0.445 e. The van der Waals surface area contributed by atoms with Crippen LogP contribution in [0.1, 0.15) is 20.8 Å². The summed E-state index contributed by atoms with van der Waals surface area (Å²) in [5, 5.41) is 0. The number of carbonyl (C=O) groups is 1.